The standard InChI is InChI=1S/C19H23O2P/c1-2-3-16-21-22(20,19-14-8-5-9-15-19)17-10-13-18-11-6-4-7-12-18/h4-15H,2-3,16-17H2,1H3/b13-10+. The molecule has 2 aromatic rings. The van der Waals surface area contributed by atoms with E-state index in [1.54, 1.807) is 0 Å². The molecule has 0 spiro atoms. The molecule has 116 valence electrons. The molecular formula is C19H23O2P. The monoisotopic (exact) mass is 314 g/mol. The maximum Gasteiger partial charge on any atom is 0.235 e. The number of hydrogen-bond donors (Lipinski definition) is 0. The van der Waals surface area contributed by atoms with Crippen LogP contribution in [0.5, 0.6) is 0 Å². The lowest BCUT2D eigenvalue weighted by molar-refractivity contribution is 0.314. The van der Waals surface area contributed by atoms with E-state index in [0.29, 0.717) is 12.8 Å². The van der Waals surface area contributed by atoms with E-state index < -0.39 is 7.37 Å². The summed E-state index contributed by atoms with van der Waals surface area (Å²) in [5.74, 6) is 0. The zero-order chi connectivity index (χ0) is 15.7. The highest BCUT2D eigenvalue weighted by Gasteiger charge is 2.23. The molecule has 22 heavy (non-hydrogen) atoms. The van der Waals surface area contributed by atoms with Crippen molar-refractivity contribution < 1.29 is 9.09 Å². The van der Waals surface area contributed by atoms with Gasteiger partial charge in [0.15, 0.2) is 0 Å². The van der Waals surface area contributed by atoms with Gasteiger partial charge in [0.25, 0.3) is 0 Å². The molecule has 2 rings (SSSR count). The summed E-state index contributed by atoms with van der Waals surface area (Å²) in [6.07, 6.45) is 6.34. The summed E-state index contributed by atoms with van der Waals surface area (Å²) in [4.78, 5) is 0. The highest BCUT2D eigenvalue weighted by molar-refractivity contribution is 7.67. The minimum Gasteiger partial charge on any atom is -0.325 e. The Balaban J connectivity index is 2.11. The molecule has 0 radical (unpaired) electrons. The molecule has 0 heterocycles. The van der Waals surface area contributed by atoms with Gasteiger partial charge in [0.1, 0.15) is 0 Å². The van der Waals surface area contributed by atoms with E-state index >= 15 is 0 Å². The van der Waals surface area contributed by atoms with Gasteiger partial charge in [-0.3, -0.25) is 4.57 Å². The third-order valence-corrected chi connectivity index (χ3v) is 5.78. The minimum atomic E-state index is -2.83. The number of rotatable bonds is 8. The van der Waals surface area contributed by atoms with Crippen LogP contribution in [0.15, 0.2) is 66.7 Å². The zero-order valence-electron chi connectivity index (χ0n) is 13.0. The average molecular weight is 314 g/mol. The third kappa shape index (κ3) is 4.98. The Morgan fingerprint density at radius 1 is 1.00 bits per heavy atom. The Kier molecular flexibility index (Phi) is 6.64. The van der Waals surface area contributed by atoms with Crippen LogP contribution in [0.1, 0.15) is 25.3 Å². The highest BCUT2D eigenvalue weighted by atomic mass is 31.2. The molecule has 0 aliphatic carbocycles. The predicted molar refractivity (Wildman–Crippen MR) is 94.9 cm³/mol. The van der Waals surface area contributed by atoms with Crippen LogP contribution in [0, 0.1) is 0 Å². The second-order valence-electron chi connectivity index (χ2n) is 5.19. The molecule has 0 bridgehead atoms. The van der Waals surface area contributed by atoms with E-state index in [9.17, 15) is 4.57 Å². The Morgan fingerprint density at radius 2 is 1.64 bits per heavy atom. The summed E-state index contributed by atoms with van der Waals surface area (Å²) in [6, 6.07) is 19.6. The molecular weight excluding hydrogens is 291 g/mol. The quantitative estimate of drug-likeness (QED) is 0.499. The molecule has 1 unspecified atom stereocenters. The first-order valence-electron chi connectivity index (χ1n) is 7.75. The van der Waals surface area contributed by atoms with Crippen LogP contribution in [0.2, 0.25) is 0 Å². The van der Waals surface area contributed by atoms with E-state index in [0.717, 1.165) is 23.7 Å². The van der Waals surface area contributed by atoms with Gasteiger partial charge in [-0.15, -0.1) is 0 Å². The van der Waals surface area contributed by atoms with E-state index in [-0.39, 0.29) is 0 Å². The van der Waals surface area contributed by atoms with Gasteiger partial charge in [-0.05, 0) is 24.1 Å². The molecule has 3 heteroatoms. The van der Waals surface area contributed by atoms with Gasteiger partial charge in [-0.25, -0.2) is 0 Å². The van der Waals surface area contributed by atoms with Crippen LogP contribution in [0.25, 0.3) is 6.08 Å². The van der Waals surface area contributed by atoms with Crippen molar-refractivity contribution in [1.82, 2.24) is 0 Å². The molecule has 2 aromatic carbocycles. The Morgan fingerprint density at radius 3 is 2.27 bits per heavy atom. The summed E-state index contributed by atoms with van der Waals surface area (Å²) in [5.41, 5.74) is 1.11. The van der Waals surface area contributed by atoms with Gasteiger partial charge >= 0.3 is 0 Å². The van der Waals surface area contributed by atoms with Crippen LogP contribution >= 0.6 is 7.37 Å². The summed E-state index contributed by atoms with van der Waals surface area (Å²) in [7, 11) is -2.83. The number of hydrogen-bond acceptors (Lipinski definition) is 2. The van der Waals surface area contributed by atoms with E-state index in [1.165, 1.54) is 0 Å². The maximum atomic E-state index is 13.2. The molecule has 0 N–H and O–H groups in total. The normalized spacial score (nSPS) is 14.0. The van der Waals surface area contributed by atoms with Crippen molar-refractivity contribution in [2.75, 3.05) is 12.8 Å². The zero-order valence-corrected chi connectivity index (χ0v) is 13.9. The molecule has 1 atom stereocenters. The van der Waals surface area contributed by atoms with Crippen molar-refractivity contribution >= 4 is 18.7 Å². The lowest BCUT2D eigenvalue weighted by Crippen LogP contribution is -2.10. The summed E-state index contributed by atoms with van der Waals surface area (Å²) < 4.78 is 19.0. The molecule has 0 aliphatic heterocycles. The SMILES string of the molecule is CCCCOP(=O)(C/C=C/c1ccccc1)c1ccccc1. The summed E-state index contributed by atoms with van der Waals surface area (Å²) >= 11 is 0. The Hall–Kier alpha value is -1.63. The fourth-order valence-electron chi connectivity index (χ4n) is 2.14. The largest absolute Gasteiger partial charge is 0.325 e. The number of benzene rings is 2. The Labute approximate surface area is 133 Å². The number of unbranched alkanes of at least 4 members (excludes halogenated alkanes) is 1. The smallest absolute Gasteiger partial charge is 0.235 e. The van der Waals surface area contributed by atoms with E-state index in [1.807, 2.05) is 72.8 Å². The fourth-order valence-corrected chi connectivity index (χ4v) is 4.03. The highest BCUT2D eigenvalue weighted by Crippen LogP contribution is 2.46. The van der Waals surface area contributed by atoms with E-state index in [2.05, 4.69) is 6.92 Å². The maximum absolute atomic E-state index is 13.2. The first-order chi connectivity index (χ1) is 10.7. The minimum absolute atomic E-state index is 0.426. The van der Waals surface area contributed by atoms with Gasteiger partial charge in [-0.1, -0.05) is 74.0 Å². The predicted octanol–water partition coefficient (Wildman–Crippen LogP) is 5.12. The molecule has 0 saturated carbocycles. The molecule has 0 saturated heterocycles. The van der Waals surface area contributed by atoms with Crippen molar-refractivity contribution in [2.45, 2.75) is 19.8 Å². The van der Waals surface area contributed by atoms with Gasteiger partial charge in [0.05, 0.1) is 6.61 Å². The van der Waals surface area contributed by atoms with Crippen molar-refractivity contribution in [3.63, 3.8) is 0 Å². The number of allylic oxidation sites excluding steroid dienone is 1. The summed E-state index contributed by atoms with van der Waals surface area (Å²) in [5, 5.41) is 0.795. The van der Waals surface area contributed by atoms with Crippen LogP contribution in [-0.4, -0.2) is 12.8 Å². The van der Waals surface area contributed by atoms with Gasteiger partial charge in [0, 0.05) is 11.5 Å². The molecule has 0 aliphatic rings. The van der Waals surface area contributed by atoms with Gasteiger partial charge < -0.3 is 4.52 Å². The summed E-state index contributed by atoms with van der Waals surface area (Å²) in [6.45, 7) is 2.65. The van der Waals surface area contributed by atoms with Crippen LogP contribution < -0.4 is 5.30 Å². The van der Waals surface area contributed by atoms with Crippen LogP contribution in [0.4, 0.5) is 0 Å². The van der Waals surface area contributed by atoms with Gasteiger partial charge in [-0.2, -0.15) is 0 Å². The van der Waals surface area contributed by atoms with Crippen molar-refractivity contribution in [1.29, 1.82) is 0 Å². The van der Waals surface area contributed by atoms with Crippen LogP contribution in [-0.2, 0) is 9.09 Å². The van der Waals surface area contributed by atoms with Crippen LogP contribution in [0.3, 0.4) is 0 Å². The molecule has 0 amide bonds. The van der Waals surface area contributed by atoms with Gasteiger partial charge in [0.2, 0.25) is 7.37 Å². The first-order valence-corrected chi connectivity index (χ1v) is 9.56. The Bertz CT molecular complexity index is 620. The van der Waals surface area contributed by atoms with Crippen molar-refractivity contribution in [3.8, 4) is 0 Å². The molecule has 2 nitrogen and oxygen atoms in total. The molecule has 0 fully saturated rings. The molecule has 0 aromatic heterocycles. The van der Waals surface area contributed by atoms with Crippen molar-refractivity contribution in [3.05, 3.63) is 72.3 Å². The lowest BCUT2D eigenvalue weighted by atomic mass is 10.2. The third-order valence-electron chi connectivity index (χ3n) is 3.40. The van der Waals surface area contributed by atoms with Crippen molar-refractivity contribution in [2.24, 2.45) is 0 Å². The second-order valence-corrected chi connectivity index (χ2v) is 7.68. The lowest BCUT2D eigenvalue weighted by Gasteiger charge is -2.17. The fraction of sp³-hybridized carbons (Fsp3) is 0.263. The first kappa shape index (κ1) is 16.7. The second kappa shape index (κ2) is 8.73. The van der Waals surface area contributed by atoms with E-state index in [4.69, 9.17) is 4.52 Å². The topological polar surface area (TPSA) is 26.3 Å². The average Bonchev–Trinajstić information content (AvgIpc) is 2.57.